The maximum Gasteiger partial charge on any atom is 0.138 e. The smallest absolute Gasteiger partial charge is 0.138 e. The van der Waals surface area contributed by atoms with Gasteiger partial charge in [-0.05, 0) is 19.3 Å². The first kappa shape index (κ1) is 11.0. The van der Waals surface area contributed by atoms with Crippen LogP contribution in [-0.4, -0.2) is 27.4 Å². The van der Waals surface area contributed by atoms with Crippen molar-refractivity contribution in [1.29, 1.82) is 0 Å². The number of nitrogens with zero attached hydrogens (tertiary/aromatic N) is 2. The third-order valence-corrected chi connectivity index (χ3v) is 4.23. The van der Waals surface area contributed by atoms with Crippen molar-refractivity contribution in [2.24, 2.45) is 13.0 Å². The summed E-state index contributed by atoms with van der Waals surface area (Å²) >= 11 is 0. The lowest BCUT2D eigenvalue weighted by Gasteiger charge is -2.18. The molecule has 2 fully saturated rings. The average molecular weight is 233 g/mol. The number of aryl methyl sites for hydroxylation is 2. The van der Waals surface area contributed by atoms with Gasteiger partial charge < -0.3 is 9.88 Å². The highest BCUT2D eigenvalue weighted by Crippen LogP contribution is 2.34. The van der Waals surface area contributed by atoms with Gasteiger partial charge in [-0.1, -0.05) is 0 Å². The predicted molar refractivity (Wildman–Crippen MR) is 64.6 cm³/mol. The maximum absolute atomic E-state index is 12.2. The second-order valence-electron chi connectivity index (χ2n) is 5.31. The van der Waals surface area contributed by atoms with Gasteiger partial charge in [0, 0.05) is 50.3 Å². The van der Waals surface area contributed by atoms with Crippen LogP contribution in [0.3, 0.4) is 0 Å². The van der Waals surface area contributed by atoms with Gasteiger partial charge >= 0.3 is 0 Å². The molecule has 4 nitrogen and oxygen atoms in total. The molecule has 92 valence electrons. The molecule has 0 aromatic carbocycles. The lowest BCUT2D eigenvalue weighted by molar-refractivity contribution is -0.123. The number of ketones is 1. The van der Waals surface area contributed by atoms with Gasteiger partial charge in [-0.25, -0.2) is 4.98 Å². The molecular formula is C13H19N3O. The maximum atomic E-state index is 12.2. The number of hydrogen-bond donors (Lipinski definition) is 1. The first-order valence-corrected chi connectivity index (χ1v) is 6.49. The zero-order valence-electron chi connectivity index (χ0n) is 10.2. The topological polar surface area (TPSA) is 46.9 Å². The van der Waals surface area contributed by atoms with E-state index in [0.29, 0.717) is 24.3 Å². The van der Waals surface area contributed by atoms with E-state index in [2.05, 4.69) is 10.3 Å². The van der Waals surface area contributed by atoms with Gasteiger partial charge in [0.05, 0.1) is 0 Å². The van der Waals surface area contributed by atoms with Gasteiger partial charge in [-0.3, -0.25) is 4.79 Å². The number of fused-ring (bicyclic) bond motifs is 2. The molecule has 0 saturated carbocycles. The Morgan fingerprint density at radius 3 is 3.06 bits per heavy atom. The minimum absolute atomic E-state index is 0.272. The molecular weight excluding hydrogens is 214 g/mol. The molecule has 1 aromatic rings. The Morgan fingerprint density at radius 2 is 2.47 bits per heavy atom. The Hall–Kier alpha value is -1.16. The summed E-state index contributed by atoms with van der Waals surface area (Å²) in [6, 6.07) is 1.08. The summed E-state index contributed by atoms with van der Waals surface area (Å²) in [5.74, 6) is 1.70. The number of aromatic nitrogens is 2. The van der Waals surface area contributed by atoms with Crippen LogP contribution in [0.2, 0.25) is 0 Å². The SMILES string of the molecule is Cn1ccnc1CCC(=O)C1CC2CCC1N2. The Kier molecular flexibility index (Phi) is 2.74. The van der Waals surface area contributed by atoms with Crippen LogP contribution in [0, 0.1) is 5.92 Å². The minimum Gasteiger partial charge on any atom is -0.338 e. The van der Waals surface area contributed by atoms with Crippen LogP contribution in [0.1, 0.15) is 31.5 Å². The number of Topliss-reactive ketones (excluding diaryl/α,β-unsaturated/α-hetero) is 1. The number of imidazole rings is 1. The van der Waals surface area contributed by atoms with Crippen molar-refractivity contribution in [2.75, 3.05) is 0 Å². The van der Waals surface area contributed by atoms with Crippen molar-refractivity contribution in [3.8, 4) is 0 Å². The third-order valence-electron chi connectivity index (χ3n) is 4.23. The molecule has 2 bridgehead atoms. The fraction of sp³-hybridized carbons (Fsp3) is 0.692. The van der Waals surface area contributed by atoms with Gasteiger partial charge in [0.25, 0.3) is 0 Å². The minimum atomic E-state index is 0.272. The van der Waals surface area contributed by atoms with Crippen LogP contribution < -0.4 is 5.32 Å². The van der Waals surface area contributed by atoms with Gasteiger partial charge in [0.2, 0.25) is 0 Å². The van der Waals surface area contributed by atoms with Crippen LogP contribution >= 0.6 is 0 Å². The summed E-state index contributed by atoms with van der Waals surface area (Å²) in [6.45, 7) is 0. The third kappa shape index (κ3) is 2.02. The molecule has 2 aliphatic heterocycles. The Morgan fingerprint density at radius 1 is 1.59 bits per heavy atom. The number of carbonyl (C=O) groups excluding carboxylic acids is 1. The average Bonchev–Trinajstić information content (AvgIpc) is 3.01. The molecule has 1 N–H and O–H groups in total. The highest BCUT2D eigenvalue weighted by atomic mass is 16.1. The lowest BCUT2D eigenvalue weighted by Crippen LogP contribution is -2.29. The molecule has 3 atom stereocenters. The van der Waals surface area contributed by atoms with Crippen molar-refractivity contribution in [3.63, 3.8) is 0 Å². The summed E-state index contributed by atoms with van der Waals surface area (Å²) in [5.41, 5.74) is 0. The van der Waals surface area contributed by atoms with Crippen molar-refractivity contribution in [1.82, 2.24) is 14.9 Å². The molecule has 2 saturated heterocycles. The molecule has 3 heterocycles. The number of rotatable bonds is 4. The zero-order valence-corrected chi connectivity index (χ0v) is 10.2. The molecule has 0 aliphatic carbocycles. The number of nitrogens with one attached hydrogen (secondary N) is 1. The Balaban J connectivity index is 1.56. The molecule has 3 rings (SSSR count). The summed E-state index contributed by atoms with van der Waals surface area (Å²) in [4.78, 5) is 16.4. The predicted octanol–water partition coefficient (Wildman–Crippen LogP) is 1.06. The molecule has 2 aliphatic rings. The van der Waals surface area contributed by atoms with E-state index in [1.807, 2.05) is 17.8 Å². The van der Waals surface area contributed by atoms with Crippen LogP contribution in [0.15, 0.2) is 12.4 Å². The number of hydrogen-bond acceptors (Lipinski definition) is 3. The van der Waals surface area contributed by atoms with E-state index in [4.69, 9.17) is 0 Å². The zero-order chi connectivity index (χ0) is 11.8. The lowest BCUT2D eigenvalue weighted by atomic mass is 9.84. The summed E-state index contributed by atoms with van der Waals surface area (Å²) in [7, 11) is 1.98. The first-order valence-electron chi connectivity index (χ1n) is 6.49. The monoisotopic (exact) mass is 233 g/mol. The highest BCUT2D eigenvalue weighted by molar-refractivity contribution is 5.82. The highest BCUT2D eigenvalue weighted by Gasteiger charge is 2.42. The van der Waals surface area contributed by atoms with Crippen molar-refractivity contribution >= 4 is 5.78 Å². The van der Waals surface area contributed by atoms with Gasteiger partial charge in [-0.15, -0.1) is 0 Å². The Bertz CT molecular complexity index is 426. The van der Waals surface area contributed by atoms with E-state index in [9.17, 15) is 4.79 Å². The normalized spacial score (nSPS) is 31.0. The van der Waals surface area contributed by atoms with Crippen LogP contribution in [-0.2, 0) is 18.3 Å². The Labute approximate surface area is 101 Å². The van der Waals surface area contributed by atoms with Gasteiger partial charge in [0.15, 0.2) is 0 Å². The summed E-state index contributed by atoms with van der Waals surface area (Å²) < 4.78 is 1.99. The molecule has 0 spiro atoms. The van der Waals surface area contributed by atoms with E-state index in [1.165, 1.54) is 12.8 Å². The summed E-state index contributed by atoms with van der Waals surface area (Å²) in [6.07, 6.45) is 8.63. The molecule has 4 heteroatoms. The fourth-order valence-corrected chi connectivity index (χ4v) is 3.24. The van der Waals surface area contributed by atoms with E-state index >= 15 is 0 Å². The van der Waals surface area contributed by atoms with Crippen LogP contribution in [0.5, 0.6) is 0 Å². The van der Waals surface area contributed by atoms with Crippen molar-refractivity contribution < 1.29 is 4.79 Å². The second kappa shape index (κ2) is 4.26. The standard InChI is InChI=1S/C13H19N3O/c1-16-7-6-14-13(16)5-4-12(17)10-8-9-2-3-11(10)15-9/h6-7,9-11,15H,2-5,8H2,1H3. The fourth-order valence-electron chi connectivity index (χ4n) is 3.24. The van der Waals surface area contributed by atoms with Gasteiger partial charge in [0.1, 0.15) is 11.6 Å². The van der Waals surface area contributed by atoms with Crippen LogP contribution in [0.4, 0.5) is 0 Å². The first-order chi connectivity index (χ1) is 8.24. The van der Waals surface area contributed by atoms with Crippen LogP contribution in [0.25, 0.3) is 0 Å². The molecule has 0 radical (unpaired) electrons. The number of carbonyl (C=O) groups is 1. The molecule has 0 amide bonds. The quantitative estimate of drug-likeness (QED) is 0.846. The molecule has 3 unspecified atom stereocenters. The largest absolute Gasteiger partial charge is 0.338 e. The molecule has 17 heavy (non-hydrogen) atoms. The summed E-state index contributed by atoms with van der Waals surface area (Å²) in [5, 5.41) is 3.52. The van der Waals surface area contributed by atoms with Crippen molar-refractivity contribution in [3.05, 3.63) is 18.2 Å². The van der Waals surface area contributed by atoms with E-state index in [1.54, 1.807) is 6.20 Å². The van der Waals surface area contributed by atoms with E-state index < -0.39 is 0 Å². The van der Waals surface area contributed by atoms with Crippen molar-refractivity contribution in [2.45, 2.75) is 44.2 Å². The second-order valence-corrected chi connectivity index (χ2v) is 5.31. The van der Waals surface area contributed by atoms with E-state index in [-0.39, 0.29) is 5.92 Å². The molecule has 1 aromatic heterocycles. The van der Waals surface area contributed by atoms with Gasteiger partial charge in [-0.2, -0.15) is 0 Å². The van der Waals surface area contributed by atoms with E-state index in [0.717, 1.165) is 18.7 Å².